The first kappa shape index (κ1) is 18.9. The summed E-state index contributed by atoms with van der Waals surface area (Å²) >= 11 is 0. The summed E-state index contributed by atoms with van der Waals surface area (Å²) in [7, 11) is -3.16. The molecule has 7 nitrogen and oxygen atoms in total. The van der Waals surface area contributed by atoms with Crippen molar-refractivity contribution in [2.75, 3.05) is 39.1 Å². The average Bonchev–Trinajstić information content (AvgIpc) is 2.82. The maximum atomic E-state index is 11.3. The van der Waals surface area contributed by atoms with Gasteiger partial charge in [0.15, 0.2) is 5.96 Å². The quantitative estimate of drug-likeness (QED) is 0.370. The first-order valence-electron chi connectivity index (χ1n) is 7.05. The van der Waals surface area contributed by atoms with Gasteiger partial charge in [-0.3, -0.25) is 4.99 Å². The highest BCUT2D eigenvalue weighted by Gasteiger charge is 2.29. The number of guanidine groups is 1. The van der Waals surface area contributed by atoms with E-state index in [1.54, 1.807) is 0 Å². The highest BCUT2D eigenvalue weighted by molar-refractivity contribution is 14.0. The van der Waals surface area contributed by atoms with E-state index in [9.17, 15) is 8.42 Å². The van der Waals surface area contributed by atoms with Crippen molar-refractivity contribution in [2.45, 2.75) is 25.3 Å². The molecule has 0 aromatic carbocycles. The topological polar surface area (TPSA) is 97.0 Å². The molecule has 21 heavy (non-hydrogen) atoms. The van der Waals surface area contributed by atoms with Crippen molar-refractivity contribution in [1.29, 1.82) is 0 Å². The number of nitrogens with zero attached hydrogens (tertiary/aromatic N) is 2. The van der Waals surface area contributed by atoms with Gasteiger partial charge >= 0.3 is 0 Å². The minimum absolute atomic E-state index is 0. The molecule has 3 N–H and O–H groups in total. The Morgan fingerprint density at radius 3 is 2.67 bits per heavy atom. The zero-order chi connectivity index (χ0) is 14.6. The third-order valence-corrected chi connectivity index (χ3v) is 4.58. The molecular weight excluding hydrogens is 407 g/mol. The molecule has 9 heteroatoms. The van der Waals surface area contributed by atoms with E-state index < -0.39 is 10.0 Å². The van der Waals surface area contributed by atoms with E-state index in [4.69, 9.17) is 10.5 Å². The number of halogens is 1. The van der Waals surface area contributed by atoms with Gasteiger partial charge in [-0.15, -0.1) is 24.0 Å². The largest absolute Gasteiger partial charge is 0.378 e. The molecule has 2 unspecified atom stereocenters. The molecule has 124 valence electrons. The predicted octanol–water partition coefficient (Wildman–Crippen LogP) is -0.0308. The van der Waals surface area contributed by atoms with E-state index in [0.29, 0.717) is 25.7 Å². The lowest BCUT2D eigenvalue weighted by atomic mass is 10.1. The van der Waals surface area contributed by atoms with Crippen LogP contribution in [0.5, 0.6) is 0 Å². The van der Waals surface area contributed by atoms with Gasteiger partial charge in [-0.2, -0.15) is 0 Å². The lowest BCUT2D eigenvalue weighted by Crippen LogP contribution is -2.45. The van der Waals surface area contributed by atoms with E-state index in [-0.39, 0.29) is 35.9 Å². The molecule has 2 atom stereocenters. The van der Waals surface area contributed by atoms with Crippen molar-refractivity contribution in [2.24, 2.45) is 16.6 Å². The number of sulfonamides is 1. The van der Waals surface area contributed by atoms with Crippen molar-refractivity contribution in [1.82, 2.24) is 9.62 Å². The van der Waals surface area contributed by atoms with Crippen molar-refractivity contribution in [3.63, 3.8) is 0 Å². The van der Waals surface area contributed by atoms with E-state index >= 15 is 0 Å². The average molecular weight is 432 g/mol. The highest BCUT2D eigenvalue weighted by Crippen LogP contribution is 2.26. The molecule has 1 saturated heterocycles. The van der Waals surface area contributed by atoms with E-state index in [0.717, 1.165) is 32.4 Å². The van der Waals surface area contributed by atoms with Crippen LogP contribution >= 0.6 is 24.0 Å². The number of nitrogens with one attached hydrogen (secondary N) is 1. The Morgan fingerprint density at radius 1 is 1.38 bits per heavy atom. The Morgan fingerprint density at radius 2 is 2.05 bits per heavy atom. The summed E-state index contributed by atoms with van der Waals surface area (Å²) in [5, 5.41) is 0. The first-order chi connectivity index (χ1) is 9.46. The predicted molar refractivity (Wildman–Crippen MR) is 93.4 cm³/mol. The maximum Gasteiger partial charge on any atom is 0.208 e. The molecule has 1 saturated carbocycles. The van der Waals surface area contributed by atoms with Gasteiger partial charge in [-0.25, -0.2) is 13.1 Å². The van der Waals surface area contributed by atoms with E-state index in [1.807, 2.05) is 4.90 Å². The zero-order valence-corrected chi connectivity index (χ0v) is 15.5. The molecule has 1 aliphatic carbocycles. The normalized spacial score (nSPS) is 27.5. The van der Waals surface area contributed by atoms with Gasteiger partial charge in [0.25, 0.3) is 0 Å². The van der Waals surface area contributed by atoms with Crippen molar-refractivity contribution in [3.8, 4) is 0 Å². The standard InChI is InChI=1S/C12H24N4O3S.HI/c1-20(17,18)15-11-4-2-3-10(11)9-14-12(13)16-5-7-19-8-6-16;/h10-11,15H,2-9H2,1H3,(H2,13,14);1H. The molecule has 0 radical (unpaired) electrons. The second-order valence-corrected chi connectivity index (χ2v) is 7.27. The Kier molecular flexibility index (Phi) is 7.65. The van der Waals surface area contributed by atoms with Crippen LogP contribution in [-0.4, -0.2) is 64.4 Å². The van der Waals surface area contributed by atoms with Crippen LogP contribution in [0.2, 0.25) is 0 Å². The van der Waals surface area contributed by atoms with Gasteiger partial charge in [-0.1, -0.05) is 6.42 Å². The summed E-state index contributed by atoms with van der Waals surface area (Å²) in [5.41, 5.74) is 5.98. The second-order valence-electron chi connectivity index (χ2n) is 5.49. The lowest BCUT2D eigenvalue weighted by Gasteiger charge is -2.28. The molecule has 0 aromatic rings. The van der Waals surface area contributed by atoms with Crippen LogP contribution in [0.25, 0.3) is 0 Å². The summed E-state index contributed by atoms with van der Waals surface area (Å²) < 4.78 is 30.6. The molecule has 2 aliphatic rings. The summed E-state index contributed by atoms with van der Waals surface area (Å²) in [6, 6.07) is -0.00811. The SMILES string of the molecule is CS(=O)(=O)NC1CCCC1CN=C(N)N1CCOCC1.I. The summed E-state index contributed by atoms with van der Waals surface area (Å²) in [6.07, 6.45) is 4.11. The Bertz CT molecular complexity index is 451. The lowest BCUT2D eigenvalue weighted by molar-refractivity contribution is 0.0674. The monoisotopic (exact) mass is 432 g/mol. The molecule has 1 aliphatic heterocycles. The summed E-state index contributed by atoms with van der Waals surface area (Å²) in [4.78, 5) is 6.45. The third kappa shape index (κ3) is 6.25. The number of ether oxygens (including phenoxy) is 1. The van der Waals surface area contributed by atoms with Crippen LogP contribution in [0.15, 0.2) is 4.99 Å². The Labute approximate surface area is 143 Å². The molecule has 1 heterocycles. The minimum Gasteiger partial charge on any atom is -0.378 e. The van der Waals surface area contributed by atoms with Crippen molar-refractivity contribution in [3.05, 3.63) is 0 Å². The fraction of sp³-hybridized carbons (Fsp3) is 0.917. The number of aliphatic imine (C=N–C) groups is 1. The highest BCUT2D eigenvalue weighted by atomic mass is 127. The zero-order valence-electron chi connectivity index (χ0n) is 12.3. The fourth-order valence-electron chi connectivity index (χ4n) is 2.79. The van der Waals surface area contributed by atoms with Gasteiger partial charge in [0.2, 0.25) is 10.0 Å². The maximum absolute atomic E-state index is 11.3. The first-order valence-corrected chi connectivity index (χ1v) is 8.95. The Balaban J connectivity index is 0.00000220. The number of morpholine rings is 1. The molecule has 2 rings (SSSR count). The van der Waals surface area contributed by atoms with Gasteiger partial charge in [-0.05, 0) is 18.8 Å². The van der Waals surface area contributed by atoms with Gasteiger partial charge in [0.05, 0.1) is 19.5 Å². The van der Waals surface area contributed by atoms with Gasteiger partial charge < -0.3 is 15.4 Å². The van der Waals surface area contributed by atoms with Gasteiger partial charge in [0.1, 0.15) is 0 Å². The number of nitrogens with two attached hydrogens (primary N) is 1. The number of hydrogen-bond donors (Lipinski definition) is 2. The van der Waals surface area contributed by atoms with Crippen LogP contribution < -0.4 is 10.5 Å². The van der Waals surface area contributed by atoms with E-state index in [2.05, 4.69) is 9.71 Å². The number of rotatable bonds is 4. The summed E-state index contributed by atoms with van der Waals surface area (Å²) in [6.45, 7) is 3.47. The molecule has 0 amide bonds. The Hall–Kier alpha value is -0.130. The van der Waals surface area contributed by atoms with Gasteiger partial charge in [0, 0.05) is 25.7 Å². The third-order valence-electron chi connectivity index (χ3n) is 3.85. The second kappa shape index (κ2) is 8.49. The van der Waals surface area contributed by atoms with Crippen LogP contribution in [-0.2, 0) is 14.8 Å². The molecule has 0 aromatic heterocycles. The number of hydrogen-bond acceptors (Lipinski definition) is 4. The molecule has 2 fully saturated rings. The van der Waals surface area contributed by atoms with Crippen LogP contribution in [0.4, 0.5) is 0 Å². The van der Waals surface area contributed by atoms with E-state index in [1.165, 1.54) is 6.26 Å². The van der Waals surface area contributed by atoms with Crippen molar-refractivity contribution < 1.29 is 13.2 Å². The molecular formula is C12H25IN4O3S. The molecule has 0 spiro atoms. The smallest absolute Gasteiger partial charge is 0.208 e. The van der Waals surface area contributed by atoms with Crippen LogP contribution in [0, 0.1) is 5.92 Å². The van der Waals surface area contributed by atoms with Crippen LogP contribution in [0.3, 0.4) is 0 Å². The minimum atomic E-state index is -3.16. The molecule has 0 bridgehead atoms. The van der Waals surface area contributed by atoms with Crippen molar-refractivity contribution >= 4 is 40.0 Å². The van der Waals surface area contributed by atoms with Crippen LogP contribution in [0.1, 0.15) is 19.3 Å². The fourth-order valence-corrected chi connectivity index (χ4v) is 3.65. The summed E-state index contributed by atoms with van der Waals surface area (Å²) in [5.74, 6) is 0.780.